The standard InChI is InChI=1S/C11H19NO2/c1-4-6-10(14)12-9-11(2,3)7-5-8-13/h1,13H,5-9H2,2-3H3,(H,12,14). The van der Waals surface area contributed by atoms with E-state index in [9.17, 15) is 4.79 Å². The van der Waals surface area contributed by atoms with Gasteiger partial charge in [-0.05, 0) is 18.3 Å². The molecule has 0 aromatic rings. The van der Waals surface area contributed by atoms with E-state index in [1.165, 1.54) is 0 Å². The normalized spacial score (nSPS) is 10.7. The largest absolute Gasteiger partial charge is 0.396 e. The van der Waals surface area contributed by atoms with Crippen LogP contribution in [0.1, 0.15) is 33.1 Å². The molecule has 3 heteroatoms. The summed E-state index contributed by atoms with van der Waals surface area (Å²) in [5, 5.41) is 11.4. The molecule has 0 radical (unpaired) electrons. The number of carbonyl (C=O) groups excluding carboxylic acids is 1. The second kappa shape index (κ2) is 6.44. The molecule has 0 saturated carbocycles. The van der Waals surface area contributed by atoms with E-state index in [4.69, 9.17) is 11.5 Å². The molecule has 0 aliphatic rings. The topological polar surface area (TPSA) is 49.3 Å². The molecular weight excluding hydrogens is 178 g/mol. The van der Waals surface area contributed by atoms with E-state index in [0.29, 0.717) is 6.54 Å². The molecule has 14 heavy (non-hydrogen) atoms. The van der Waals surface area contributed by atoms with E-state index in [0.717, 1.165) is 12.8 Å². The maximum absolute atomic E-state index is 11.1. The monoisotopic (exact) mass is 197 g/mol. The summed E-state index contributed by atoms with van der Waals surface area (Å²) in [7, 11) is 0. The Morgan fingerprint density at radius 3 is 2.71 bits per heavy atom. The van der Waals surface area contributed by atoms with Crippen LogP contribution in [0.15, 0.2) is 0 Å². The van der Waals surface area contributed by atoms with E-state index in [1.54, 1.807) is 0 Å². The lowest BCUT2D eigenvalue weighted by Crippen LogP contribution is -2.33. The number of rotatable bonds is 6. The highest BCUT2D eigenvalue weighted by Gasteiger charge is 2.17. The number of amides is 1. The molecule has 0 fully saturated rings. The molecule has 0 heterocycles. The first-order valence-electron chi connectivity index (χ1n) is 4.83. The van der Waals surface area contributed by atoms with Crippen molar-refractivity contribution in [1.82, 2.24) is 5.32 Å². The highest BCUT2D eigenvalue weighted by atomic mass is 16.2. The quantitative estimate of drug-likeness (QED) is 0.622. The van der Waals surface area contributed by atoms with Crippen LogP contribution >= 0.6 is 0 Å². The molecule has 0 aliphatic carbocycles. The van der Waals surface area contributed by atoms with Crippen LogP contribution in [0.2, 0.25) is 0 Å². The van der Waals surface area contributed by atoms with Crippen molar-refractivity contribution in [3.63, 3.8) is 0 Å². The molecule has 2 N–H and O–H groups in total. The molecule has 0 saturated heterocycles. The van der Waals surface area contributed by atoms with Crippen LogP contribution in [-0.4, -0.2) is 24.2 Å². The highest BCUT2D eigenvalue weighted by Crippen LogP contribution is 2.20. The van der Waals surface area contributed by atoms with Gasteiger partial charge in [-0.15, -0.1) is 6.42 Å². The lowest BCUT2D eigenvalue weighted by Gasteiger charge is -2.24. The second-order valence-electron chi connectivity index (χ2n) is 4.15. The molecule has 0 unspecified atom stereocenters. The lowest BCUT2D eigenvalue weighted by molar-refractivity contribution is -0.120. The number of nitrogens with one attached hydrogen (secondary N) is 1. The fraction of sp³-hybridized carbons (Fsp3) is 0.727. The third kappa shape index (κ3) is 6.50. The van der Waals surface area contributed by atoms with Crippen LogP contribution in [0.25, 0.3) is 0 Å². The zero-order valence-corrected chi connectivity index (χ0v) is 8.97. The number of hydrogen-bond acceptors (Lipinski definition) is 2. The van der Waals surface area contributed by atoms with Crippen molar-refractivity contribution in [3.8, 4) is 12.3 Å². The molecule has 3 nitrogen and oxygen atoms in total. The minimum absolute atomic E-state index is 0.0208. The van der Waals surface area contributed by atoms with Crippen molar-refractivity contribution in [2.24, 2.45) is 5.41 Å². The van der Waals surface area contributed by atoms with Gasteiger partial charge < -0.3 is 10.4 Å². The smallest absolute Gasteiger partial charge is 0.232 e. The molecule has 0 rings (SSSR count). The van der Waals surface area contributed by atoms with Gasteiger partial charge in [0, 0.05) is 13.2 Å². The van der Waals surface area contributed by atoms with Gasteiger partial charge in [0.15, 0.2) is 0 Å². The molecule has 0 atom stereocenters. The Kier molecular flexibility index (Phi) is 5.98. The number of carbonyl (C=O) groups is 1. The van der Waals surface area contributed by atoms with E-state index in [-0.39, 0.29) is 24.3 Å². The average Bonchev–Trinajstić information content (AvgIpc) is 2.13. The van der Waals surface area contributed by atoms with Crippen LogP contribution in [0.5, 0.6) is 0 Å². The van der Waals surface area contributed by atoms with E-state index in [2.05, 4.69) is 25.1 Å². The fourth-order valence-corrected chi connectivity index (χ4v) is 1.14. The minimum atomic E-state index is -0.107. The molecule has 0 aromatic heterocycles. The Labute approximate surface area is 85.9 Å². The van der Waals surface area contributed by atoms with Gasteiger partial charge in [-0.2, -0.15) is 0 Å². The molecule has 0 aliphatic heterocycles. The second-order valence-corrected chi connectivity index (χ2v) is 4.15. The van der Waals surface area contributed by atoms with Gasteiger partial charge in [0.05, 0.1) is 6.42 Å². The first-order chi connectivity index (χ1) is 6.52. The number of terminal acetylenes is 1. The van der Waals surface area contributed by atoms with E-state index in [1.807, 2.05) is 0 Å². The first kappa shape index (κ1) is 13.0. The highest BCUT2D eigenvalue weighted by molar-refractivity contribution is 5.78. The van der Waals surface area contributed by atoms with Crippen LogP contribution in [0, 0.1) is 17.8 Å². The van der Waals surface area contributed by atoms with Crippen molar-refractivity contribution in [1.29, 1.82) is 0 Å². The predicted octanol–water partition coefficient (Wildman–Crippen LogP) is 0.925. The molecule has 80 valence electrons. The summed E-state index contributed by atoms with van der Waals surface area (Å²) in [6.45, 7) is 4.91. The first-order valence-corrected chi connectivity index (χ1v) is 4.83. The minimum Gasteiger partial charge on any atom is -0.396 e. The van der Waals surface area contributed by atoms with Crippen LogP contribution in [0.4, 0.5) is 0 Å². The van der Waals surface area contributed by atoms with E-state index >= 15 is 0 Å². The molecule has 1 amide bonds. The Balaban J connectivity index is 3.75. The summed E-state index contributed by atoms with van der Waals surface area (Å²) in [5.74, 6) is 2.19. The fourth-order valence-electron chi connectivity index (χ4n) is 1.14. The van der Waals surface area contributed by atoms with Crippen molar-refractivity contribution < 1.29 is 9.90 Å². The Hall–Kier alpha value is -1.01. The zero-order valence-electron chi connectivity index (χ0n) is 8.97. The van der Waals surface area contributed by atoms with Gasteiger partial charge >= 0.3 is 0 Å². The maximum Gasteiger partial charge on any atom is 0.232 e. The predicted molar refractivity (Wildman–Crippen MR) is 56.6 cm³/mol. The molecule has 0 spiro atoms. The number of aliphatic hydroxyl groups excluding tert-OH is 1. The summed E-state index contributed by atoms with van der Waals surface area (Å²) in [5.41, 5.74) is 0.0208. The van der Waals surface area contributed by atoms with Crippen LogP contribution in [-0.2, 0) is 4.79 Å². The van der Waals surface area contributed by atoms with E-state index < -0.39 is 0 Å². The summed E-state index contributed by atoms with van der Waals surface area (Å²) in [4.78, 5) is 11.1. The summed E-state index contributed by atoms with van der Waals surface area (Å²) in [6, 6.07) is 0. The Morgan fingerprint density at radius 1 is 1.57 bits per heavy atom. The SMILES string of the molecule is C#CCC(=O)NCC(C)(C)CCCO. The van der Waals surface area contributed by atoms with Gasteiger partial charge in [0.2, 0.25) is 5.91 Å². The van der Waals surface area contributed by atoms with Crippen molar-refractivity contribution >= 4 is 5.91 Å². The van der Waals surface area contributed by atoms with Crippen molar-refractivity contribution in [2.45, 2.75) is 33.1 Å². The van der Waals surface area contributed by atoms with Gasteiger partial charge in [-0.3, -0.25) is 4.79 Å². The average molecular weight is 197 g/mol. The summed E-state index contributed by atoms with van der Waals surface area (Å²) in [6.07, 6.45) is 6.79. The van der Waals surface area contributed by atoms with Crippen LogP contribution in [0.3, 0.4) is 0 Å². The lowest BCUT2D eigenvalue weighted by atomic mass is 9.88. The van der Waals surface area contributed by atoms with Crippen molar-refractivity contribution in [3.05, 3.63) is 0 Å². The Morgan fingerprint density at radius 2 is 2.21 bits per heavy atom. The maximum atomic E-state index is 11.1. The number of hydrogen-bond donors (Lipinski definition) is 2. The van der Waals surface area contributed by atoms with Crippen molar-refractivity contribution in [2.75, 3.05) is 13.2 Å². The van der Waals surface area contributed by atoms with Gasteiger partial charge in [-0.25, -0.2) is 0 Å². The summed E-state index contributed by atoms with van der Waals surface area (Å²) >= 11 is 0. The third-order valence-corrected chi connectivity index (χ3v) is 2.04. The van der Waals surface area contributed by atoms with Gasteiger partial charge in [0.25, 0.3) is 0 Å². The Bertz CT molecular complexity index is 216. The van der Waals surface area contributed by atoms with Gasteiger partial charge in [0.1, 0.15) is 0 Å². The van der Waals surface area contributed by atoms with Gasteiger partial charge in [-0.1, -0.05) is 19.8 Å². The third-order valence-electron chi connectivity index (χ3n) is 2.04. The molecular formula is C11H19NO2. The zero-order chi connectivity index (χ0) is 11.0. The molecule has 0 aromatic carbocycles. The molecule has 0 bridgehead atoms. The number of aliphatic hydroxyl groups is 1. The van der Waals surface area contributed by atoms with Crippen LogP contribution < -0.4 is 5.32 Å². The summed E-state index contributed by atoms with van der Waals surface area (Å²) < 4.78 is 0.